The Hall–Kier alpha value is -2.54. The SMILES string of the molecule is COC(=O)C1(n2c(=O)cc(O)n(CCc3cccc(Cl)c3)c2=O)CCCC1. The highest BCUT2D eigenvalue weighted by Gasteiger charge is 2.46. The Morgan fingerprint density at radius 1 is 1.26 bits per heavy atom. The van der Waals surface area contributed by atoms with Gasteiger partial charge in [-0.15, -0.1) is 0 Å². The van der Waals surface area contributed by atoms with Crippen molar-refractivity contribution in [3.63, 3.8) is 0 Å². The molecular formula is C19H21ClN2O5. The minimum Gasteiger partial charge on any atom is -0.494 e. The van der Waals surface area contributed by atoms with Gasteiger partial charge in [0.05, 0.1) is 13.2 Å². The third-order valence-corrected chi connectivity index (χ3v) is 5.34. The molecule has 0 atom stereocenters. The molecule has 1 aromatic carbocycles. The minimum atomic E-state index is -1.31. The van der Waals surface area contributed by atoms with Crippen LogP contribution < -0.4 is 11.2 Å². The first kappa shape index (κ1) is 19.2. The van der Waals surface area contributed by atoms with E-state index in [0.717, 1.165) is 20.8 Å². The fourth-order valence-electron chi connectivity index (χ4n) is 3.77. The molecule has 0 amide bonds. The molecule has 0 spiro atoms. The summed E-state index contributed by atoms with van der Waals surface area (Å²) in [6, 6.07) is 8.15. The predicted octanol–water partition coefficient (Wildman–Crippen LogP) is 2.05. The lowest BCUT2D eigenvalue weighted by Gasteiger charge is -2.28. The molecule has 0 radical (unpaired) electrons. The van der Waals surface area contributed by atoms with Gasteiger partial charge < -0.3 is 9.84 Å². The van der Waals surface area contributed by atoms with Gasteiger partial charge in [-0.2, -0.15) is 0 Å². The summed E-state index contributed by atoms with van der Waals surface area (Å²) in [5.41, 5.74) is -1.85. The van der Waals surface area contributed by atoms with Crippen molar-refractivity contribution < 1.29 is 14.6 Å². The van der Waals surface area contributed by atoms with Crippen LogP contribution in [0.2, 0.25) is 5.02 Å². The molecule has 1 fully saturated rings. The Balaban J connectivity index is 2.04. The van der Waals surface area contributed by atoms with Crippen molar-refractivity contribution in [3.05, 3.63) is 61.8 Å². The van der Waals surface area contributed by atoms with E-state index < -0.39 is 28.6 Å². The van der Waals surface area contributed by atoms with E-state index in [9.17, 15) is 19.5 Å². The minimum absolute atomic E-state index is 0.141. The second-order valence-corrected chi connectivity index (χ2v) is 7.16. The van der Waals surface area contributed by atoms with E-state index in [2.05, 4.69) is 0 Å². The number of aryl methyl sites for hydroxylation is 1. The molecule has 0 aliphatic heterocycles. The first-order valence-electron chi connectivity index (χ1n) is 8.78. The maximum atomic E-state index is 13.0. The van der Waals surface area contributed by atoms with Gasteiger partial charge in [-0.25, -0.2) is 14.2 Å². The Morgan fingerprint density at radius 2 is 1.96 bits per heavy atom. The molecule has 0 bridgehead atoms. The maximum Gasteiger partial charge on any atom is 0.334 e. The molecule has 1 N–H and O–H groups in total. The number of aromatic nitrogens is 2. The van der Waals surface area contributed by atoms with Gasteiger partial charge in [-0.05, 0) is 37.0 Å². The molecular weight excluding hydrogens is 372 g/mol. The highest BCUT2D eigenvalue weighted by atomic mass is 35.5. The average molecular weight is 393 g/mol. The maximum absolute atomic E-state index is 13.0. The summed E-state index contributed by atoms with van der Waals surface area (Å²) in [5, 5.41) is 10.7. The number of methoxy groups -OCH3 is 1. The van der Waals surface area contributed by atoms with Crippen molar-refractivity contribution >= 4 is 17.6 Å². The molecule has 8 heteroatoms. The van der Waals surface area contributed by atoms with Crippen LogP contribution in [0.15, 0.2) is 39.9 Å². The molecule has 1 heterocycles. The molecule has 7 nitrogen and oxygen atoms in total. The van der Waals surface area contributed by atoms with Crippen molar-refractivity contribution in [2.75, 3.05) is 7.11 Å². The fourth-order valence-corrected chi connectivity index (χ4v) is 3.99. The predicted molar refractivity (Wildman–Crippen MR) is 100 cm³/mol. The average Bonchev–Trinajstić information content (AvgIpc) is 3.11. The zero-order chi connectivity index (χ0) is 19.6. The second-order valence-electron chi connectivity index (χ2n) is 6.72. The second kappa shape index (κ2) is 7.60. The van der Waals surface area contributed by atoms with Gasteiger partial charge in [0, 0.05) is 11.6 Å². The third-order valence-electron chi connectivity index (χ3n) is 5.11. The number of nitrogens with zero attached hydrogens (tertiary/aromatic N) is 2. The number of hydrogen-bond acceptors (Lipinski definition) is 5. The van der Waals surface area contributed by atoms with Crippen LogP contribution in [0, 0.1) is 0 Å². The standard InChI is InChI=1S/C19H21ClN2O5/c1-27-17(25)19(8-2-3-9-19)22-16(24)12-15(23)21(18(22)26)10-7-13-5-4-6-14(20)11-13/h4-6,11-12,23H,2-3,7-10H2,1H3. The normalized spacial score (nSPS) is 15.6. The first-order chi connectivity index (χ1) is 12.9. The molecule has 1 aliphatic rings. The molecule has 1 aromatic heterocycles. The zero-order valence-corrected chi connectivity index (χ0v) is 15.7. The number of halogens is 1. The van der Waals surface area contributed by atoms with Crippen molar-refractivity contribution in [3.8, 4) is 5.88 Å². The summed E-state index contributed by atoms with van der Waals surface area (Å²) in [5.74, 6) is -1.03. The number of benzene rings is 1. The van der Waals surface area contributed by atoms with Crippen LogP contribution in [0.3, 0.4) is 0 Å². The number of carbonyl (C=O) groups excluding carboxylic acids is 1. The van der Waals surface area contributed by atoms with Crippen molar-refractivity contribution in [2.24, 2.45) is 0 Å². The molecule has 1 saturated carbocycles. The largest absolute Gasteiger partial charge is 0.494 e. The van der Waals surface area contributed by atoms with E-state index in [4.69, 9.17) is 16.3 Å². The first-order valence-corrected chi connectivity index (χ1v) is 9.16. The highest BCUT2D eigenvalue weighted by Crippen LogP contribution is 2.36. The van der Waals surface area contributed by atoms with Crippen LogP contribution in [0.25, 0.3) is 0 Å². The molecule has 3 rings (SSSR count). The number of aromatic hydroxyl groups is 1. The number of carbonyl (C=O) groups is 1. The van der Waals surface area contributed by atoms with E-state index >= 15 is 0 Å². The van der Waals surface area contributed by atoms with Gasteiger partial charge in [0.15, 0.2) is 0 Å². The van der Waals surface area contributed by atoms with Gasteiger partial charge in [-0.3, -0.25) is 9.36 Å². The zero-order valence-electron chi connectivity index (χ0n) is 15.0. The smallest absolute Gasteiger partial charge is 0.334 e. The molecule has 144 valence electrons. The quantitative estimate of drug-likeness (QED) is 0.786. The van der Waals surface area contributed by atoms with E-state index in [1.807, 2.05) is 6.07 Å². The van der Waals surface area contributed by atoms with Crippen LogP contribution in [-0.2, 0) is 28.0 Å². The van der Waals surface area contributed by atoms with Crippen LogP contribution >= 0.6 is 11.6 Å². The fraction of sp³-hybridized carbons (Fsp3) is 0.421. The Morgan fingerprint density at radius 3 is 2.59 bits per heavy atom. The summed E-state index contributed by atoms with van der Waals surface area (Å²) >= 11 is 5.98. The summed E-state index contributed by atoms with van der Waals surface area (Å²) in [6.07, 6.45) is 2.56. The van der Waals surface area contributed by atoms with Crippen LogP contribution in [0.4, 0.5) is 0 Å². The molecule has 27 heavy (non-hydrogen) atoms. The van der Waals surface area contributed by atoms with E-state index in [1.54, 1.807) is 18.2 Å². The lowest BCUT2D eigenvalue weighted by Crippen LogP contribution is -2.54. The Labute approximate surface area is 160 Å². The Kier molecular flexibility index (Phi) is 5.41. The summed E-state index contributed by atoms with van der Waals surface area (Å²) in [7, 11) is 1.24. The molecule has 0 unspecified atom stereocenters. The van der Waals surface area contributed by atoms with Crippen molar-refractivity contribution in [2.45, 2.75) is 44.2 Å². The van der Waals surface area contributed by atoms with E-state index in [-0.39, 0.29) is 6.54 Å². The number of esters is 1. The number of ether oxygens (including phenoxy) is 1. The van der Waals surface area contributed by atoms with E-state index in [1.165, 1.54) is 7.11 Å². The van der Waals surface area contributed by atoms with Gasteiger partial charge in [-0.1, -0.05) is 36.6 Å². The van der Waals surface area contributed by atoms with Gasteiger partial charge >= 0.3 is 11.7 Å². The Bertz CT molecular complexity index is 973. The van der Waals surface area contributed by atoms with Crippen molar-refractivity contribution in [1.29, 1.82) is 0 Å². The lowest BCUT2D eigenvalue weighted by atomic mass is 9.97. The monoisotopic (exact) mass is 392 g/mol. The van der Waals surface area contributed by atoms with Crippen molar-refractivity contribution in [1.82, 2.24) is 9.13 Å². The summed E-state index contributed by atoms with van der Waals surface area (Å²) < 4.78 is 6.94. The van der Waals surface area contributed by atoms with Crippen LogP contribution in [0.5, 0.6) is 5.88 Å². The van der Waals surface area contributed by atoms with Gasteiger partial charge in [0.25, 0.3) is 5.56 Å². The number of hydrogen-bond donors (Lipinski definition) is 1. The number of rotatable bonds is 5. The van der Waals surface area contributed by atoms with Crippen LogP contribution in [-0.4, -0.2) is 27.3 Å². The van der Waals surface area contributed by atoms with Crippen LogP contribution in [0.1, 0.15) is 31.2 Å². The molecule has 0 saturated heterocycles. The summed E-state index contributed by atoms with van der Waals surface area (Å²) in [4.78, 5) is 38.0. The van der Waals surface area contributed by atoms with Gasteiger partial charge in [0.2, 0.25) is 5.88 Å². The highest BCUT2D eigenvalue weighted by molar-refractivity contribution is 6.30. The van der Waals surface area contributed by atoms with Gasteiger partial charge in [0.1, 0.15) is 5.54 Å². The molecule has 1 aliphatic carbocycles. The third kappa shape index (κ3) is 3.51. The topological polar surface area (TPSA) is 90.5 Å². The van der Waals surface area contributed by atoms with E-state index in [0.29, 0.717) is 37.1 Å². The lowest BCUT2D eigenvalue weighted by molar-refractivity contribution is -0.151. The summed E-state index contributed by atoms with van der Waals surface area (Å²) in [6.45, 7) is 0.141. The molecule has 2 aromatic rings.